The first-order valence-corrected chi connectivity index (χ1v) is 10.3. The van der Waals surface area contributed by atoms with Crippen LogP contribution in [-0.4, -0.2) is 42.0 Å². The molecule has 144 valence electrons. The zero-order valence-corrected chi connectivity index (χ0v) is 16.2. The van der Waals surface area contributed by atoms with Gasteiger partial charge in [-0.3, -0.25) is 4.79 Å². The summed E-state index contributed by atoms with van der Waals surface area (Å²) in [6.07, 6.45) is 8.24. The highest BCUT2D eigenvalue weighted by Crippen LogP contribution is 2.32. The zero-order chi connectivity index (χ0) is 19.3. The molecule has 1 saturated heterocycles. The lowest BCUT2D eigenvalue weighted by atomic mass is 9.84. The molecule has 1 saturated carbocycles. The number of amides is 1. The second kappa shape index (κ2) is 8.43. The van der Waals surface area contributed by atoms with Crippen LogP contribution in [0.4, 0.5) is 5.82 Å². The summed E-state index contributed by atoms with van der Waals surface area (Å²) < 4.78 is 0. The molecule has 2 aromatic rings. The molecule has 1 aliphatic heterocycles. The van der Waals surface area contributed by atoms with Gasteiger partial charge in [-0.1, -0.05) is 31.4 Å². The second-order valence-electron chi connectivity index (χ2n) is 7.72. The average Bonchev–Trinajstić information content (AvgIpc) is 2.79. The predicted octanol–water partition coefficient (Wildman–Crippen LogP) is 3.96. The number of anilines is 1. The number of rotatable bonds is 3. The fraction of sp³-hybridized carbons (Fsp3) is 0.435. The molecular formula is C23H26N4O. The maximum absolute atomic E-state index is 12.9. The molecule has 0 N–H and O–H groups in total. The lowest BCUT2D eigenvalue weighted by molar-refractivity contribution is 0.0746. The molecule has 1 amide bonds. The van der Waals surface area contributed by atoms with Crippen LogP contribution in [0.2, 0.25) is 0 Å². The molecule has 1 aromatic heterocycles. The van der Waals surface area contributed by atoms with Crippen molar-refractivity contribution >= 4 is 11.7 Å². The summed E-state index contributed by atoms with van der Waals surface area (Å²) in [5.41, 5.74) is 2.73. The van der Waals surface area contributed by atoms with Gasteiger partial charge in [0.25, 0.3) is 5.91 Å². The minimum Gasteiger partial charge on any atom is -0.352 e. The van der Waals surface area contributed by atoms with Crippen molar-refractivity contribution in [2.24, 2.45) is 0 Å². The standard InChI is InChI=1S/C23H26N4O/c24-17-21-7-4-12-25-22(21)26-13-15-27(16-14-26)23(28)20-10-8-19(9-11-20)18-5-2-1-3-6-18/h4,7-12,18H,1-3,5-6,13-16H2. The molecule has 2 heterocycles. The minimum atomic E-state index is 0.0939. The maximum Gasteiger partial charge on any atom is 0.253 e. The van der Waals surface area contributed by atoms with E-state index in [1.165, 1.54) is 37.7 Å². The van der Waals surface area contributed by atoms with Gasteiger partial charge >= 0.3 is 0 Å². The zero-order valence-electron chi connectivity index (χ0n) is 16.2. The first kappa shape index (κ1) is 18.5. The van der Waals surface area contributed by atoms with E-state index >= 15 is 0 Å². The van der Waals surface area contributed by atoms with Crippen molar-refractivity contribution in [3.8, 4) is 6.07 Å². The lowest BCUT2D eigenvalue weighted by Gasteiger charge is -2.35. The topological polar surface area (TPSA) is 60.2 Å². The molecule has 1 aromatic carbocycles. The summed E-state index contributed by atoms with van der Waals surface area (Å²) in [4.78, 5) is 21.2. The Bertz CT molecular complexity index is 857. The quantitative estimate of drug-likeness (QED) is 0.816. The number of nitrogens with zero attached hydrogens (tertiary/aromatic N) is 4. The van der Waals surface area contributed by atoms with E-state index in [1.807, 2.05) is 17.0 Å². The molecule has 1 aliphatic carbocycles. The third-order valence-electron chi connectivity index (χ3n) is 6.01. The van der Waals surface area contributed by atoms with Gasteiger partial charge in [0, 0.05) is 37.9 Å². The van der Waals surface area contributed by atoms with Gasteiger partial charge in [-0.05, 0) is 48.6 Å². The monoisotopic (exact) mass is 374 g/mol. The summed E-state index contributed by atoms with van der Waals surface area (Å²) in [5.74, 6) is 1.47. The van der Waals surface area contributed by atoms with Gasteiger partial charge < -0.3 is 9.80 Å². The average molecular weight is 374 g/mol. The highest BCUT2D eigenvalue weighted by Gasteiger charge is 2.24. The highest BCUT2D eigenvalue weighted by molar-refractivity contribution is 5.94. The Hall–Kier alpha value is -2.87. The van der Waals surface area contributed by atoms with E-state index in [0.717, 1.165) is 5.56 Å². The van der Waals surface area contributed by atoms with Gasteiger partial charge in [0.2, 0.25) is 0 Å². The van der Waals surface area contributed by atoms with Crippen LogP contribution in [0.15, 0.2) is 42.6 Å². The lowest BCUT2D eigenvalue weighted by Crippen LogP contribution is -2.49. The van der Waals surface area contributed by atoms with Crippen LogP contribution in [0.5, 0.6) is 0 Å². The fourth-order valence-electron chi connectivity index (χ4n) is 4.37. The first-order chi connectivity index (χ1) is 13.8. The molecule has 2 fully saturated rings. The normalized spacial score (nSPS) is 18.0. The Morgan fingerprint density at radius 1 is 1.00 bits per heavy atom. The molecule has 0 bridgehead atoms. The number of hydrogen-bond donors (Lipinski definition) is 0. The molecule has 5 heteroatoms. The van der Waals surface area contributed by atoms with Crippen molar-refractivity contribution in [2.75, 3.05) is 31.1 Å². The predicted molar refractivity (Wildman–Crippen MR) is 109 cm³/mol. The molecule has 28 heavy (non-hydrogen) atoms. The second-order valence-corrected chi connectivity index (χ2v) is 7.72. The van der Waals surface area contributed by atoms with Crippen LogP contribution in [0, 0.1) is 11.3 Å². The summed E-state index contributed by atoms with van der Waals surface area (Å²) in [6, 6.07) is 14.0. The summed E-state index contributed by atoms with van der Waals surface area (Å²) in [7, 11) is 0. The van der Waals surface area contributed by atoms with Gasteiger partial charge in [-0.25, -0.2) is 4.98 Å². The van der Waals surface area contributed by atoms with E-state index in [-0.39, 0.29) is 5.91 Å². The number of nitriles is 1. The van der Waals surface area contributed by atoms with Crippen LogP contribution in [0.3, 0.4) is 0 Å². The van der Waals surface area contributed by atoms with Crippen molar-refractivity contribution in [3.63, 3.8) is 0 Å². The van der Waals surface area contributed by atoms with Crippen molar-refractivity contribution < 1.29 is 4.79 Å². The van der Waals surface area contributed by atoms with Crippen LogP contribution in [0.1, 0.15) is 59.5 Å². The van der Waals surface area contributed by atoms with Crippen molar-refractivity contribution in [1.29, 1.82) is 5.26 Å². The van der Waals surface area contributed by atoms with E-state index in [1.54, 1.807) is 18.3 Å². The Morgan fingerprint density at radius 2 is 1.71 bits per heavy atom. The van der Waals surface area contributed by atoms with E-state index in [2.05, 4.69) is 28.1 Å². The Morgan fingerprint density at radius 3 is 2.39 bits per heavy atom. The number of carbonyl (C=O) groups is 1. The Kier molecular flexibility index (Phi) is 5.57. The van der Waals surface area contributed by atoms with Crippen molar-refractivity contribution in [2.45, 2.75) is 38.0 Å². The van der Waals surface area contributed by atoms with Crippen molar-refractivity contribution in [3.05, 3.63) is 59.3 Å². The van der Waals surface area contributed by atoms with Crippen LogP contribution in [-0.2, 0) is 0 Å². The third kappa shape index (κ3) is 3.87. The molecule has 0 spiro atoms. The molecule has 0 unspecified atom stereocenters. The molecule has 4 rings (SSSR count). The molecule has 2 aliphatic rings. The van der Waals surface area contributed by atoms with Gasteiger partial charge in [-0.2, -0.15) is 5.26 Å². The maximum atomic E-state index is 12.9. The molecule has 0 atom stereocenters. The van der Waals surface area contributed by atoms with Crippen LogP contribution < -0.4 is 4.90 Å². The summed E-state index contributed by atoms with van der Waals surface area (Å²) >= 11 is 0. The number of piperazine rings is 1. The first-order valence-electron chi connectivity index (χ1n) is 10.3. The Labute approximate surface area is 166 Å². The number of aromatic nitrogens is 1. The number of pyridine rings is 1. The van der Waals surface area contributed by atoms with E-state index in [4.69, 9.17) is 0 Å². The highest BCUT2D eigenvalue weighted by atomic mass is 16.2. The fourth-order valence-corrected chi connectivity index (χ4v) is 4.37. The van der Waals surface area contributed by atoms with Gasteiger partial charge in [0.05, 0.1) is 5.56 Å². The summed E-state index contributed by atoms with van der Waals surface area (Å²) in [6.45, 7) is 2.67. The van der Waals surface area contributed by atoms with Gasteiger partial charge in [0.1, 0.15) is 11.9 Å². The van der Waals surface area contributed by atoms with Crippen molar-refractivity contribution in [1.82, 2.24) is 9.88 Å². The smallest absolute Gasteiger partial charge is 0.253 e. The van der Waals surface area contributed by atoms with Gasteiger partial charge in [-0.15, -0.1) is 0 Å². The summed E-state index contributed by atoms with van der Waals surface area (Å²) in [5, 5.41) is 9.27. The Balaban J connectivity index is 1.38. The van der Waals surface area contributed by atoms with E-state index in [9.17, 15) is 10.1 Å². The minimum absolute atomic E-state index is 0.0939. The SMILES string of the molecule is N#Cc1cccnc1N1CCN(C(=O)c2ccc(C3CCCCC3)cc2)CC1. The number of benzene rings is 1. The number of carbonyl (C=O) groups excluding carboxylic acids is 1. The molecular weight excluding hydrogens is 348 g/mol. The number of hydrogen-bond acceptors (Lipinski definition) is 4. The third-order valence-corrected chi connectivity index (χ3v) is 6.01. The van der Waals surface area contributed by atoms with Gasteiger partial charge in [0.15, 0.2) is 0 Å². The molecule has 0 radical (unpaired) electrons. The van der Waals surface area contributed by atoms with E-state index in [0.29, 0.717) is 43.5 Å². The van der Waals surface area contributed by atoms with Crippen LogP contribution in [0.25, 0.3) is 0 Å². The largest absolute Gasteiger partial charge is 0.352 e. The van der Waals surface area contributed by atoms with Crippen LogP contribution >= 0.6 is 0 Å². The molecule has 5 nitrogen and oxygen atoms in total. The van der Waals surface area contributed by atoms with E-state index < -0.39 is 0 Å².